The van der Waals surface area contributed by atoms with Crippen LogP contribution in [0, 0.1) is 20.2 Å². The second-order valence-electron chi connectivity index (χ2n) is 6.07. The van der Waals surface area contributed by atoms with Crippen molar-refractivity contribution in [2.75, 3.05) is 25.3 Å². The molecule has 0 atom stereocenters. The van der Waals surface area contributed by atoms with Crippen LogP contribution in [0.3, 0.4) is 0 Å². The SMILES string of the molecule is CCN(Cc1ccc2c(c1)OCO2)c1c(C(=O)OC)cc([N+](=O)[O-])cc1[N+](=O)[O-]. The van der Waals surface area contributed by atoms with Gasteiger partial charge in [0.05, 0.1) is 28.6 Å². The molecule has 2 aromatic carbocycles. The van der Waals surface area contributed by atoms with E-state index in [4.69, 9.17) is 14.2 Å². The number of rotatable bonds is 7. The summed E-state index contributed by atoms with van der Waals surface area (Å²) in [5, 5.41) is 22.8. The topological polar surface area (TPSA) is 134 Å². The number of carbonyl (C=O) groups excluding carboxylic acids is 1. The zero-order chi connectivity index (χ0) is 21.1. The fourth-order valence-corrected chi connectivity index (χ4v) is 3.06. The van der Waals surface area contributed by atoms with Gasteiger partial charge in [-0.1, -0.05) is 6.07 Å². The van der Waals surface area contributed by atoms with Crippen LogP contribution in [0.1, 0.15) is 22.8 Å². The summed E-state index contributed by atoms with van der Waals surface area (Å²) in [6.07, 6.45) is 0. The Kier molecular flexibility index (Phi) is 5.48. The predicted molar refractivity (Wildman–Crippen MR) is 100 cm³/mol. The lowest BCUT2D eigenvalue weighted by atomic mass is 10.1. The average molecular weight is 403 g/mol. The third-order valence-electron chi connectivity index (χ3n) is 4.40. The van der Waals surface area contributed by atoms with E-state index < -0.39 is 27.2 Å². The molecule has 0 unspecified atom stereocenters. The highest BCUT2D eigenvalue weighted by Gasteiger charge is 2.31. The third-order valence-corrected chi connectivity index (χ3v) is 4.40. The molecule has 0 aromatic heterocycles. The fourth-order valence-electron chi connectivity index (χ4n) is 3.06. The summed E-state index contributed by atoms with van der Waals surface area (Å²) >= 11 is 0. The van der Waals surface area contributed by atoms with Gasteiger partial charge in [0.2, 0.25) is 6.79 Å². The first-order valence-corrected chi connectivity index (χ1v) is 8.54. The Morgan fingerprint density at radius 1 is 1.14 bits per heavy atom. The molecule has 0 saturated heterocycles. The number of nitro benzene ring substituents is 2. The number of non-ortho nitro benzene ring substituents is 1. The lowest BCUT2D eigenvalue weighted by molar-refractivity contribution is -0.393. The minimum absolute atomic E-state index is 0.0485. The Morgan fingerprint density at radius 3 is 2.48 bits per heavy atom. The molecule has 152 valence electrons. The number of esters is 1. The Labute approximate surface area is 164 Å². The van der Waals surface area contributed by atoms with E-state index in [9.17, 15) is 25.0 Å². The molecule has 11 nitrogen and oxygen atoms in total. The van der Waals surface area contributed by atoms with Crippen LogP contribution in [0.4, 0.5) is 17.1 Å². The van der Waals surface area contributed by atoms with Crippen molar-refractivity contribution in [3.63, 3.8) is 0 Å². The fraction of sp³-hybridized carbons (Fsp3) is 0.278. The number of ether oxygens (including phenoxy) is 3. The first-order valence-electron chi connectivity index (χ1n) is 8.54. The number of nitrogens with zero attached hydrogens (tertiary/aromatic N) is 3. The van der Waals surface area contributed by atoms with E-state index in [1.165, 1.54) is 0 Å². The lowest BCUT2D eigenvalue weighted by Gasteiger charge is -2.25. The third kappa shape index (κ3) is 3.88. The summed E-state index contributed by atoms with van der Waals surface area (Å²) in [5.41, 5.74) is -0.676. The van der Waals surface area contributed by atoms with Gasteiger partial charge in [-0.3, -0.25) is 20.2 Å². The molecule has 0 spiro atoms. The van der Waals surface area contributed by atoms with Gasteiger partial charge in [-0.15, -0.1) is 0 Å². The standard InChI is InChI=1S/C18H17N3O8/c1-3-19(9-11-4-5-15-16(6-11)29-10-28-15)17-13(18(22)27-2)7-12(20(23)24)8-14(17)21(25)26/h4-8H,3,9-10H2,1-2H3. The summed E-state index contributed by atoms with van der Waals surface area (Å²) < 4.78 is 15.3. The van der Waals surface area contributed by atoms with Gasteiger partial charge in [-0.25, -0.2) is 4.79 Å². The second-order valence-corrected chi connectivity index (χ2v) is 6.07. The van der Waals surface area contributed by atoms with E-state index in [1.807, 2.05) is 0 Å². The molecule has 0 N–H and O–H groups in total. The molecule has 0 radical (unpaired) electrons. The van der Waals surface area contributed by atoms with Crippen molar-refractivity contribution >= 4 is 23.0 Å². The normalized spacial score (nSPS) is 11.8. The lowest BCUT2D eigenvalue weighted by Crippen LogP contribution is -2.25. The van der Waals surface area contributed by atoms with Gasteiger partial charge in [0.25, 0.3) is 11.4 Å². The summed E-state index contributed by atoms with van der Waals surface area (Å²) in [5.74, 6) is 0.231. The van der Waals surface area contributed by atoms with Gasteiger partial charge >= 0.3 is 5.97 Å². The number of carbonyl (C=O) groups is 1. The van der Waals surface area contributed by atoms with E-state index in [1.54, 1.807) is 30.0 Å². The molecule has 0 amide bonds. The van der Waals surface area contributed by atoms with Crippen LogP contribution in [0.5, 0.6) is 11.5 Å². The van der Waals surface area contributed by atoms with Crippen LogP contribution in [0.25, 0.3) is 0 Å². The number of nitro groups is 2. The van der Waals surface area contributed by atoms with E-state index >= 15 is 0 Å². The zero-order valence-corrected chi connectivity index (χ0v) is 15.6. The van der Waals surface area contributed by atoms with Gasteiger partial charge in [0, 0.05) is 19.2 Å². The number of fused-ring (bicyclic) bond motifs is 1. The molecule has 0 bridgehead atoms. The maximum atomic E-state index is 12.3. The summed E-state index contributed by atoms with van der Waals surface area (Å²) in [6.45, 7) is 2.34. The highest BCUT2D eigenvalue weighted by molar-refractivity contribution is 5.99. The Morgan fingerprint density at radius 2 is 1.86 bits per heavy atom. The first-order chi connectivity index (χ1) is 13.8. The highest BCUT2D eigenvalue weighted by Crippen LogP contribution is 2.38. The van der Waals surface area contributed by atoms with Gasteiger partial charge in [-0.05, 0) is 24.6 Å². The maximum absolute atomic E-state index is 12.3. The summed E-state index contributed by atoms with van der Waals surface area (Å²) in [4.78, 5) is 35.1. The van der Waals surface area contributed by atoms with E-state index in [0.717, 1.165) is 24.8 Å². The molecule has 1 aliphatic heterocycles. The number of hydrogen-bond donors (Lipinski definition) is 0. The molecule has 11 heteroatoms. The molecule has 1 aliphatic rings. The van der Waals surface area contributed by atoms with Crippen LogP contribution < -0.4 is 14.4 Å². The van der Waals surface area contributed by atoms with Crippen molar-refractivity contribution in [1.29, 1.82) is 0 Å². The minimum atomic E-state index is -0.907. The largest absolute Gasteiger partial charge is 0.465 e. The average Bonchev–Trinajstić information content (AvgIpc) is 3.18. The molecule has 29 heavy (non-hydrogen) atoms. The Hall–Kier alpha value is -3.89. The molecule has 0 aliphatic carbocycles. The molecule has 3 rings (SSSR count). The zero-order valence-electron chi connectivity index (χ0n) is 15.6. The van der Waals surface area contributed by atoms with Crippen LogP contribution in [-0.4, -0.2) is 36.3 Å². The van der Waals surface area contributed by atoms with Crippen molar-refractivity contribution < 1.29 is 28.9 Å². The van der Waals surface area contributed by atoms with Gasteiger partial charge in [-0.2, -0.15) is 0 Å². The van der Waals surface area contributed by atoms with Gasteiger partial charge < -0.3 is 19.1 Å². The maximum Gasteiger partial charge on any atom is 0.340 e. The van der Waals surface area contributed by atoms with Gasteiger partial charge in [0.1, 0.15) is 5.69 Å². The van der Waals surface area contributed by atoms with Crippen molar-refractivity contribution in [3.8, 4) is 11.5 Å². The monoisotopic (exact) mass is 403 g/mol. The van der Waals surface area contributed by atoms with Crippen LogP contribution in [-0.2, 0) is 11.3 Å². The number of hydrogen-bond acceptors (Lipinski definition) is 9. The minimum Gasteiger partial charge on any atom is -0.465 e. The second kappa shape index (κ2) is 8.00. The predicted octanol–water partition coefficient (Wildman–Crippen LogP) is 3.04. The quantitative estimate of drug-likeness (QED) is 0.388. The summed E-state index contributed by atoms with van der Waals surface area (Å²) in [6, 6.07) is 7.04. The van der Waals surface area contributed by atoms with Crippen LogP contribution >= 0.6 is 0 Å². The Bertz CT molecular complexity index is 991. The number of benzene rings is 2. The number of methoxy groups -OCH3 is 1. The van der Waals surface area contributed by atoms with Crippen LogP contribution in [0.2, 0.25) is 0 Å². The molecule has 1 heterocycles. The van der Waals surface area contributed by atoms with Crippen molar-refractivity contribution in [1.82, 2.24) is 0 Å². The highest BCUT2D eigenvalue weighted by atomic mass is 16.7. The van der Waals surface area contributed by atoms with E-state index in [-0.39, 0.29) is 31.1 Å². The molecule has 0 saturated carbocycles. The van der Waals surface area contributed by atoms with Gasteiger partial charge in [0.15, 0.2) is 11.5 Å². The molecular formula is C18H17N3O8. The smallest absolute Gasteiger partial charge is 0.340 e. The van der Waals surface area contributed by atoms with E-state index in [0.29, 0.717) is 11.5 Å². The van der Waals surface area contributed by atoms with E-state index in [2.05, 4.69) is 0 Å². The van der Waals surface area contributed by atoms with Crippen molar-refractivity contribution in [2.45, 2.75) is 13.5 Å². The Balaban J connectivity index is 2.11. The molecule has 0 fully saturated rings. The number of anilines is 1. The van der Waals surface area contributed by atoms with Crippen LogP contribution in [0.15, 0.2) is 30.3 Å². The summed E-state index contributed by atoms with van der Waals surface area (Å²) in [7, 11) is 1.10. The van der Waals surface area contributed by atoms with Crippen molar-refractivity contribution in [3.05, 3.63) is 61.7 Å². The first kappa shape index (κ1) is 19.9. The van der Waals surface area contributed by atoms with Crippen molar-refractivity contribution in [2.24, 2.45) is 0 Å². The molecule has 2 aromatic rings. The molecular weight excluding hydrogens is 386 g/mol.